The monoisotopic (exact) mass is 298 g/mol. The summed E-state index contributed by atoms with van der Waals surface area (Å²) in [4.78, 5) is 9.36. The molecule has 0 heterocycles. The molecule has 0 bridgehead atoms. The Bertz CT molecular complexity index is 239. The van der Waals surface area contributed by atoms with Gasteiger partial charge in [-0.2, -0.15) is 0 Å². The molecule has 0 saturated carbocycles. The predicted octanol–water partition coefficient (Wildman–Crippen LogP) is 2.92. The molecule has 0 aromatic carbocycles. The quantitative estimate of drug-likeness (QED) is 0.291. The molecule has 2 unspecified atom stereocenters. The van der Waals surface area contributed by atoms with E-state index in [-0.39, 0.29) is 12.8 Å². The number of aliphatic hydroxyl groups excluding tert-OH is 2. The van der Waals surface area contributed by atoms with E-state index in [1.165, 1.54) is 0 Å². The SMILES string of the molecule is CCCCCC(O)OP(=O)(O)OC(O)CCCCC. The Kier molecular flexibility index (Phi) is 10.8. The highest BCUT2D eigenvalue weighted by Crippen LogP contribution is 2.46. The molecule has 0 aliphatic rings. The Morgan fingerprint density at radius 2 is 1.26 bits per heavy atom. The second-order valence-corrected chi connectivity index (χ2v) is 5.94. The molecule has 0 aliphatic heterocycles. The number of phosphoric ester groups is 1. The van der Waals surface area contributed by atoms with Gasteiger partial charge in [-0.3, -0.25) is 9.05 Å². The lowest BCUT2D eigenvalue weighted by Crippen LogP contribution is -2.16. The van der Waals surface area contributed by atoms with Gasteiger partial charge in [-0.15, -0.1) is 0 Å². The molecule has 2 atom stereocenters. The first-order valence-corrected chi connectivity index (χ1v) is 8.46. The summed E-state index contributed by atoms with van der Waals surface area (Å²) in [7, 11) is -4.40. The van der Waals surface area contributed by atoms with Crippen molar-refractivity contribution in [2.45, 2.75) is 77.8 Å². The third kappa shape index (κ3) is 11.5. The van der Waals surface area contributed by atoms with Crippen LogP contribution in [0.15, 0.2) is 0 Å². The van der Waals surface area contributed by atoms with Gasteiger partial charge in [0.25, 0.3) is 0 Å². The van der Waals surface area contributed by atoms with E-state index in [1.54, 1.807) is 0 Å². The van der Waals surface area contributed by atoms with E-state index < -0.39 is 20.4 Å². The van der Waals surface area contributed by atoms with E-state index in [2.05, 4.69) is 9.05 Å². The van der Waals surface area contributed by atoms with Crippen LogP contribution in [-0.4, -0.2) is 27.7 Å². The second-order valence-electron chi connectivity index (χ2n) is 4.58. The molecule has 3 N–H and O–H groups in total. The van der Waals surface area contributed by atoms with Crippen LogP contribution in [-0.2, 0) is 13.6 Å². The minimum absolute atomic E-state index is 0.272. The molecule has 0 aliphatic carbocycles. The van der Waals surface area contributed by atoms with Gasteiger partial charge in [0.15, 0.2) is 12.6 Å². The maximum atomic E-state index is 11.5. The molecular formula is C12H27O6P. The van der Waals surface area contributed by atoms with E-state index in [0.29, 0.717) is 12.8 Å². The zero-order valence-electron chi connectivity index (χ0n) is 11.8. The fourth-order valence-corrected chi connectivity index (χ4v) is 2.45. The summed E-state index contributed by atoms with van der Waals surface area (Å²) >= 11 is 0. The van der Waals surface area contributed by atoms with Crippen LogP contribution in [0.3, 0.4) is 0 Å². The molecule has 6 nitrogen and oxygen atoms in total. The number of phosphoric acid groups is 1. The third-order valence-electron chi connectivity index (χ3n) is 2.62. The number of rotatable bonds is 12. The van der Waals surface area contributed by atoms with Crippen molar-refractivity contribution in [3.05, 3.63) is 0 Å². The zero-order valence-corrected chi connectivity index (χ0v) is 12.7. The average molecular weight is 298 g/mol. The molecule has 0 spiro atoms. The summed E-state index contributed by atoms with van der Waals surface area (Å²) < 4.78 is 20.6. The first kappa shape index (κ1) is 19.0. The van der Waals surface area contributed by atoms with Crippen molar-refractivity contribution in [2.24, 2.45) is 0 Å². The molecule has 7 heteroatoms. The van der Waals surface area contributed by atoms with Crippen LogP contribution < -0.4 is 0 Å². The highest BCUT2D eigenvalue weighted by Gasteiger charge is 2.28. The molecular weight excluding hydrogens is 271 g/mol. The predicted molar refractivity (Wildman–Crippen MR) is 72.3 cm³/mol. The lowest BCUT2D eigenvalue weighted by atomic mass is 10.2. The van der Waals surface area contributed by atoms with Crippen molar-refractivity contribution in [1.82, 2.24) is 0 Å². The van der Waals surface area contributed by atoms with Gasteiger partial charge in [0.2, 0.25) is 0 Å². The fraction of sp³-hybridized carbons (Fsp3) is 1.00. The van der Waals surface area contributed by atoms with Crippen LogP contribution in [0.2, 0.25) is 0 Å². The van der Waals surface area contributed by atoms with Crippen molar-refractivity contribution < 1.29 is 28.7 Å². The summed E-state index contributed by atoms with van der Waals surface area (Å²) in [6, 6.07) is 0. The normalized spacial score (nSPS) is 17.9. The fourth-order valence-electron chi connectivity index (χ4n) is 1.58. The lowest BCUT2D eigenvalue weighted by molar-refractivity contribution is -0.0879. The molecule has 0 saturated heterocycles. The number of unbranched alkanes of at least 4 members (excludes halogenated alkanes) is 4. The van der Waals surface area contributed by atoms with E-state index in [9.17, 15) is 19.7 Å². The van der Waals surface area contributed by atoms with Crippen molar-refractivity contribution in [1.29, 1.82) is 0 Å². The highest BCUT2D eigenvalue weighted by atomic mass is 31.2. The number of hydrogen-bond acceptors (Lipinski definition) is 5. The van der Waals surface area contributed by atoms with Gasteiger partial charge in [-0.25, -0.2) is 4.57 Å². The van der Waals surface area contributed by atoms with Crippen LogP contribution in [0.5, 0.6) is 0 Å². The van der Waals surface area contributed by atoms with Crippen LogP contribution in [0.1, 0.15) is 65.2 Å². The highest BCUT2D eigenvalue weighted by molar-refractivity contribution is 7.47. The summed E-state index contributed by atoms with van der Waals surface area (Å²) in [6.07, 6.45) is 3.06. The molecule has 0 radical (unpaired) electrons. The van der Waals surface area contributed by atoms with Crippen LogP contribution in [0.25, 0.3) is 0 Å². The van der Waals surface area contributed by atoms with E-state index in [4.69, 9.17) is 0 Å². The van der Waals surface area contributed by atoms with Gasteiger partial charge in [0.1, 0.15) is 0 Å². The van der Waals surface area contributed by atoms with Gasteiger partial charge in [0, 0.05) is 0 Å². The Balaban J connectivity index is 3.91. The summed E-state index contributed by atoms with van der Waals surface area (Å²) in [5.41, 5.74) is 0. The molecule has 0 rings (SSSR count). The smallest absolute Gasteiger partial charge is 0.367 e. The van der Waals surface area contributed by atoms with Crippen molar-refractivity contribution in [2.75, 3.05) is 0 Å². The van der Waals surface area contributed by atoms with Crippen LogP contribution in [0, 0.1) is 0 Å². The zero-order chi connectivity index (χ0) is 14.7. The van der Waals surface area contributed by atoms with E-state index >= 15 is 0 Å². The Hall–Kier alpha value is 0.0300. The van der Waals surface area contributed by atoms with Crippen LogP contribution >= 0.6 is 7.82 Å². The Morgan fingerprint density at radius 3 is 1.58 bits per heavy atom. The summed E-state index contributed by atoms with van der Waals surface area (Å²) in [5, 5.41) is 18.8. The molecule has 0 aromatic rings. The lowest BCUT2D eigenvalue weighted by Gasteiger charge is -2.19. The summed E-state index contributed by atoms with van der Waals surface area (Å²) in [5.74, 6) is 0. The molecule has 116 valence electrons. The molecule has 0 amide bonds. The Labute approximate surface area is 115 Å². The van der Waals surface area contributed by atoms with Gasteiger partial charge in [-0.05, 0) is 25.7 Å². The minimum Gasteiger partial charge on any atom is -0.367 e. The number of hydrogen-bond donors (Lipinski definition) is 3. The van der Waals surface area contributed by atoms with E-state index in [1.807, 2.05) is 13.8 Å². The first-order valence-electron chi connectivity index (χ1n) is 6.97. The molecule has 0 aromatic heterocycles. The topological polar surface area (TPSA) is 96.2 Å². The average Bonchev–Trinajstić information content (AvgIpc) is 2.28. The van der Waals surface area contributed by atoms with Gasteiger partial charge >= 0.3 is 7.82 Å². The molecule has 0 fully saturated rings. The van der Waals surface area contributed by atoms with Crippen molar-refractivity contribution >= 4 is 7.82 Å². The number of aliphatic hydroxyl groups is 2. The standard InChI is InChI=1S/C12H27O6P/c1-3-5-7-9-11(13)17-19(15,16)18-12(14)10-8-6-4-2/h11-14H,3-10H2,1-2H3,(H,15,16). The van der Waals surface area contributed by atoms with Gasteiger partial charge < -0.3 is 15.1 Å². The largest absolute Gasteiger partial charge is 0.476 e. The van der Waals surface area contributed by atoms with E-state index in [0.717, 1.165) is 25.7 Å². The van der Waals surface area contributed by atoms with Gasteiger partial charge in [0.05, 0.1) is 0 Å². The van der Waals surface area contributed by atoms with Crippen molar-refractivity contribution in [3.8, 4) is 0 Å². The first-order chi connectivity index (χ1) is 8.91. The van der Waals surface area contributed by atoms with Gasteiger partial charge in [-0.1, -0.05) is 39.5 Å². The maximum absolute atomic E-state index is 11.5. The Morgan fingerprint density at radius 1 is 0.895 bits per heavy atom. The molecule has 19 heavy (non-hydrogen) atoms. The van der Waals surface area contributed by atoms with Crippen LogP contribution in [0.4, 0.5) is 0 Å². The van der Waals surface area contributed by atoms with Crippen molar-refractivity contribution in [3.63, 3.8) is 0 Å². The minimum atomic E-state index is -4.40. The second kappa shape index (κ2) is 10.8. The summed E-state index contributed by atoms with van der Waals surface area (Å²) in [6.45, 7) is 4.03. The maximum Gasteiger partial charge on any atom is 0.476 e. The third-order valence-corrected chi connectivity index (χ3v) is 3.64.